The first-order valence-corrected chi connectivity index (χ1v) is 11.5. The number of amides is 1. The molecule has 1 amide bonds. The summed E-state index contributed by atoms with van der Waals surface area (Å²) in [7, 11) is 0. The van der Waals surface area contributed by atoms with Crippen LogP contribution in [0.5, 0.6) is 0 Å². The van der Waals surface area contributed by atoms with E-state index in [1.54, 1.807) is 47.1 Å². The molecule has 1 fully saturated rings. The molecule has 1 aliphatic rings. The lowest BCUT2D eigenvalue weighted by atomic mass is 10.0. The summed E-state index contributed by atoms with van der Waals surface area (Å²) in [4.78, 5) is 24.9. The number of carbonyl (C=O) groups is 2. The molecule has 2 heterocycles. The summed E-state index contributed by atoms with van der Waals surface area (Å²) in [5.74, 6) is -0.652. The maximum absolute atomic E-state index is 13.1. The van der Waals surface area contributed by atoms with Crippen molar-refractivity contribution in [2.24, 2.45) is 0 Å². The van der Waals surface area contributed by atoms with Crippen LogP contribution >= 0.6 is 23.2 Å². The van der Waals surface area contributed by atoms with Gasteiger partial charge < -0.3 is 5.11 Å². The number of piperidine rings is 1. The summed E-state index contributed by atoms with van der Waals surface area (Å²) in [5.41, 5.74) is 6.33. The van der Waals surface area contributed by atoms with E-state index in [1.807, 2.05) is 11.9 Å². The molecule has 3 aromatic rings. The van der Waals surface area contributed by atoms with Gasteiger partial charge in [0.25, 0.3) is 5.91 Å². The smallest absolute Gasteiger partial charge is 0.286 e. The van der Waals surface area contributed by atoms with Crippen LogP contribution in [0.2, 0.25) is 10.0 Å². The van der Waals surface area contributed by atoms with Crippen LogP contribution in [0.4, 0.5) is 0 Å². The number of Topliss-reactive ketones (excluding diaryl/α,β-unsaturated/α-hetero) is 1. The molecule has 9 heteroatoms. The van der Waals surface area contributed by atoms with Crippen LogP contribution in [-0.2, 0) is 0 Å². The Morgan fingerprint density at radius 2 is 1.76 bits per heavy atom. The van der Waals surface area contributed by atoms with Gasteiger partial charge in [0.1, 0.15) is 6.61 Å². The van der Waals surface area contributed by atoms with E-state index in [2.05, 4.69) is 10.5 Å². The monoisotopic (exact) mass is 486 g/mol. The number of aliphatic hydroxyl groups excluding tert-OH is 1. The predicted octanol–water partition coefficient (Wildman–Crippen LogP) is 4.46. The lowest BCUT2D eigenvalue weighted by Crippen LogP contribution is -2.45. The highest BCUT2D eigenvalue weighted by Gasteiger charge is 2.25. The topological polar surface area (TPSA) is 87.5 Å². The van der Waals surface area contributed by atoms with Crippen LogP contribution in [0.1, 0.15) is 45.7 Å². The number of hydrogen-bond acceptors (Lipinski definition) is 5. The molecule has 7 nitrogen and oxygen atoms in total. The lowest BCUT2D eigenvalue weighted by Gasteiger charge is -2.26. The highest BCUT2D eigenvalue weighted by Crippen LogP contribution is 2.33. The molecule has 172 valence electrons. The van der Waals surface area contributed by atoms with E-state index in [0.717, 1.165) is 37.9 Å². The Kier molecular flexibility index (Phi) is 7.14. The quantitative estimate of drug-likeness (QED) is 0.502. The minimum absolute atomic E-state index is 0.286. The Labute approximate surface area is 201 Å². The Morgan fingerprint density at radius 1 is 1.06 bits per heavy atom. The SMILES string of the molecule is Cc1c(C(=O)NN2CCCCC2)nn(-c2ccc(Cl)cc2Cl)c1-c1ccc(C(=O)CO)cc1. The standard InChI is InChI=1S/C24H24Cl2N4O3/c1-15-22(24(33)28-29-11-3-2-4-12-29)27-30(20-10-9-18(25)13-19(20)26)23(15)17-7-5-16(6-8-17)21(32)14-31/h5-10,13,31H,2-4,11-12,14H2,1H3,(H,28,33). The third-order valence-electron chi connectivity index (χ3n) is 5.71. The summed E-state index contributed by atoms with van der Waals surface area (Å²) in [6, 6.07) is 11.9. The molecule has 0 atom stereocenters. The third kappa shape index (κ3) is 4.96. The Morgan fingerprint density at radius 3 is 2.39 bits per heavy atom. The fourth-order valence-electron chi connectivity index (χ4n) is 3.99. The minimum Gasteiger partial charge on any atom is -0.388 e. The van der Waals surface area contributed by atoms with Crippen LogP contribution in [0.15, 0.2) is 42.5 Å². The van der Waals surface area contributed by atoms with Crippen molar-refractivity contribution in [1.29, 1.82) is 0 Å². The van der Waals surface area contributed by atoms with Gasteiger partial charge in [-0.2, -0.15) is 5.10 Å². The first kappa shape index (κ1) is 23.4. The molecule has 0 radical (unpaired) electrons. The number of aliphatic hydroxyl groups is 1. The molecule has 0 bridgehead atoms. The first-order valence-electron chi connectivity index (χ1n) is 10.7. The highest BCUT2D eigenvalue weighted by atomic mass is 35.5. The van der Waals surface area contributed by atoms with E-state index in [9.17, 15) is 9.59 Å². The Bertz CT molecular complexity index is 1190. The largest absolute Gasteiger partial charge is 0.388 e. The molecule has 2 aromatic carbocycles. The van der Waals surface area contributed by atoms with Crippen molar-refractivity contribution in [3.63, 3.8) is 0 Å². The minimum atomic E-state index is -0.558. The van der Waals surface area contributed by atoms with Gasteiger partial charge in [-0.3, -0.25) is 15.0 Å². The molecule has 2 N–H and O–H groups in total. The second-order valence-electron chi connectivity index (χ2n) is 7.98. The van der Waals surface area contributed by atoms with Crippen LogP contribution in [-0.4, -0.2) is 51.3 Å². The van der Waals surface area contributed by atoms with Crippen LogP contribution < -0.4 is 5.43 Å². The van der Waals surface area contributed by atoms with Crippen LogP contribution in [0, 0.1) is 6.92 Å². The number of nitrogens with zero attached hydrogens (tertiary/aromatic N) is 3. The zero-order chi connectivity index (χ0) is 23.5. The van der Waals surface area contributed by atoms with Gasteiger partial charge in [0.2, 0.25) is 0 Å². The average Bonchev–Trinajstić information content (AvgIpc) is 3.16. The summed E-state index contributed by atoms with van der Waals surface area (Å²) >= 11 is 12.6. The maximum Gasteiger partial charge on any atom is 0.286 e. The van der Waals surface area contributed by atoms with Gasteiger partial charge in [-0.25, -0.2) is 9.69 Å². The number of halogens is 2. The molecule has 1 saturated heterocycles. The molecule has 1 aliphatic heterocycles. The van der Waals surface area contributed by atoms with E-state index in [0.29, 0.717) is 32.6 Å². The fourth-order valence-corrected chi connectivity index (χ4v) is 4.47. The summed E-state index contributed by atoms with van der Waals surface area (Å²) in [6.45, 7) is 2.89. The summed E-state index contributed by atoms with van der Waals surface area (Å²) < 4.78 is 1.63. The molecule has 0 spiro atoms. The van der Waals surface area contributed by atoms with Gasteiger partial charge in [0.15, 0.2) is 11.5 Å². The number of nitrogens with one attached hydrogen (secondary N) is 1. The second kappa shape index (κ2) is 10.1. The van der Waals surface area contributed by atoms with Gasteiger partial charge in [0, 0.05) is 34.8 Å². The molecule has 33 heavy (non-hydrogen) atoms. The van der Waals surface area contributed by atoms with Gasteiger partial charge >= 0.3 is 0 Å². The zero-order valence-electron chi connectivity index (χ0n) is 18.1. The Balaban J connectivity index is 1.79. The van der Waals surface area contributed by atoms with Gasteiger partial charge in [-0.05, 0) is 38.0 Å². The number of hydrazine groups is 1. The number of rotatable bonds is 6. The summed E-state index contributed by atoms with van der Waals surface area (Å²) in [5, 5.41) is 16.6. The molecule has 0 unspecified atom stereocenters. The molecule has 0 saturated carbocycles. The zero-order valence-corrected chi connectivity index (χ0v) is 19.7. The third-order valence-corrected chi connectivity index (χ3v) is 6.25. The normalized spacial score (nSPS) is 14.3. The van der Waals surface area contributed by atoms with Crippen molar-refractivity contribution in [3.8, 4) is 16.9 Å². The van der Waals surface area contributed by atoms with Crippen molar-refractivity contribution < 1.29 is 14.7 Å². The number of aromatic nitrogens is 2. The fraction of sp³-hybridized carbons (Fsp3) is 0.292. The van der Waals surface area contributed by atoms with E-state index in [1.165, 1.54) is 0 Å². The van der Waals surface area contributed by atoms with Crippen LogP contribution in [0.25, 0.3) is 16.9 Å². The number of benzene rings is 2. The van der Waals surface area contributed by atoms with Gasteiger partial charge in [-0.15, -0.1) is 0 Å². The number of hydrogen-bond donors (Lipinski definition) is 2. The second-order valence-corrected chi connectivity index (χ2v) is 8.82. The van der Waals surface area contributed by atoms with Crippen LogP contribution in [0.3, 0.4) is 0 Å². The molecular formula is C24H24Cl2N4O3. The number of carbonyl (C=O) groups excluding carboxylic acids is 2. The van der Waals surface area contributed by atoms with Gasteiger partial charge in [0.05, 0.1) is 16.4 Å². The molecule has 4 rings (SSSR count). The van der Waals surface area contributed by atoms with E-state index < -0.39 is 6.61 Å². The first-order chi connectivity index (χ1) is 15.9. The lowest BCUT2D eigenvalue weighted by molar-refractivity contribution is 0.0743. The van der Waals surface area contributed by atoms with Crippen molar-refractivity contribution in [3.05, 3.63) is 69.3 Å². The van der Waals surface area contributed by atoms with Crippen molar-refractivity contribution in [2.75, 3.05) is 19.7 Å². The molecule has 1 aromatic heterocycles. The Hall–Kier alpha value is -2.71. The summed E-state index contributed by atoms with van der Waals surface area (Å²) in [6.07, 6.45) is 3.24. The van der Waals surface area contributed by atoms with E-state index in [-0.39, 0.29) is 17.4 Å². The maximum atomic E-state index is 13.1. The van der Waals surface area contributed by atoms with Crippen molar-refractivity contribution in [2.45, 2.75) is 26.2 Å². The highest BCUT2D eigenvalue weighted by molar-refractivity contribution is 6.35. The van der Waals surface area contributed by atoms with Gasteiger partial charge in [-0.1, -0.05) is 53.9 Å². The predicted molar refractivity (Wildman–Crippen MR) is 128 cm³/mol. The van der Waals surface area contributed by atoms with Crippen molar-refractivity contribution in [1.82, 2.24) is 20.2 Å². The molecular weight excluding hydrogens is 463 g/mol. The van der Waals surface area contributed by atoms with Crippen molar-refractivity contribution >= 4 is 34.9 Å². The molecule has 0 aliphatic carbocycles. The van der Waals surface area contributed by atoms with E-state index in [4.69, 9.17) is 28.3 Å². The average molecular weight is 487 g/mol. The van der Waals surface area contributed by atoms with E-state index >= 15 is 0 Å². The number of ketones is 1.